The molecule has 5 heterocycles. The number of fused-ring (bicyclic) bond motifs is 2. The zero-order chi connectivity index (χ0) is 25.0. The number of nitrogens with one attached hydrogen (secondary N) is 1. The van der Waals surface area contributed by atoms with Gasteiger partial charge in [-0.3, -0.25) is 4.79 Å². The van der Waals surface area contributed by atoms with Gasteiger partial charge in [0.15, 0.2) is 10.8 Å². The number of likely N-dealkylation sites (N-methyl/N-ethyl adjacent to an activating group) is 1. The van der Waals surface area contributed by atoms with Crippen LogP contribution in [0.5, 0.6) is 0 Å². The van der Waals surface area contributed by atoms with Crippen molar-refractivity contribution in [1.29, 1.82) is 0 Å². The highest BCUT2D eigenvalue weighted by Gasteiger charge is 2.30. The van der Waals surface area contributed by atoms with Crippen LogP contribution in [-0.2, 0) is 4.79 Å². The Hall–Kier alpha value is -2.98. The Labute approximate surface area is 209 Å². The van der Waals surface area contributed by atoms with Crippen molar-refractivity contribution < 1.29 is 4.79 Å². The predicted molar refractivity (Wildman–Crippen MR) is 141 cm³/mol. The number of hydrogen-bond acceptors (Lipinski definition) is 7. The van der Waals surface area contributed by atoms with Crippen molar-refractivity contribution in [1.82, 2.24) is 34.4 Å². The summed E-state index contributed by atoms with van der Waals surface area (Å²) in [5.41, 5.74) is 7.76. The van der Waals surface area contributed by atoms with Crippen LogP contribution in [-0.4, -0.2) is 86.6 Å². The molecule has 4 aromatic rings. The zero-order valence-corrected chi connectivity index (χ0v) is 22.4. The number of H-pyrrole nitrogens is 1. The van der Waals surface area contributed by atoms with Gasteiger partial charge < -0.3 is 19.7 Å². The lowest BCUT2D eigenvalue weighted by atomic mass is 9.96. The second-order valence-corrected chi connectivity index (χ2v) is 11.2. The molecule has 1 saturated heterocycles. The maximum Gasteiger partial charge on any atom is 0.236 e. The minimum atomic E-state index is 0.189. The molecule has 9 nitrogen and oxygen atoms in total. The fraction of sp³-hybridized carbons (Fsp3) is 0.520. The second-order valence-electron chi connectivity index (χ2n) is 10.2. The molecular formula is C25H34N8OS. The largest absolute Gasteiger partial charge is 0.344 e. The van der Waals surface area contributed by atoms with Gasteiger partial charge >= 0.3 is 0 Å². The van der Waals surface area contributed by atoms with Crippen molar-refractivity contribution in [3.05, 3.63) is 29.2 Å². The first-order valence-electron chi connectivity index (χ1n) is 12.2. The maximum absolute atomic E-state index is 12.5. The minimum absolute atomic E-state index is 0.189. The van der Waals surface area contributed by atoms with Gasteiger partial charge in [-0.1, -0.05) is 25.2 Å². The zero-order valence-electron chi connectivity index (χ0n) is 21.6. The van der Waals surface area contributed by atoms with Crippen molar-refractivity contribution in [2.75, 3.05) is 45.2 Å². The Morgan fingerprint density at radius 1 is 1.26 bits per heavy atom. The first-order valence-corrected chi connectivity index (χ1v) is 13.0. The summed E-state index contributed by atoms with van der Waals surface area (Å²) in [5, 5.41) is 5.40. The number of anilines is 1. The van der Waals surface area contributed by atoms with Gasteiger partial charge in [0.25, 0.3) is 0 Å². The van der Waals surface area contributed by atoms with E-state index in [9.17, 15) is 4.79 Å². The van der Waals surface area contributed by atoms with E-state index in [2.05, 4.69) is 60.8 Å². The number of rotatable bonds is 5. The number of nitrogens with zero attached hydrogens (tertiary/aromatic N) is 7. The lowest BCUT2D eigenvalue weighted by Gasteiger charge is -2.40. The molecule has 1 aliphatic heterocycles. The van der Waals surface area contributed by atoms with Crippen molar-refractivity contribution in [3.8, 4) is 11.3 Å². The lowest BCUT2D eigenvalue weighted by Crippen LogP contribution is -2.55. The number of hydrogen-bond donors (Lipinski definition) is 1. The highest BCUT2D eigenvalue weighted by atomic mass is 32.1. The summed E-state index contributed by atoms with van der Waals surface area (Å²) < 4.78 is 1.86. The summed E-state index contributed by atoms with van der Waals surface area (Å²) in [7, 11) is 3.87. The first kappa shape index (κ1) is 23.7. The van der Waals surface area contributed by atoms with Crippen LogP contribution in [0.2, 0.25) is 0 Å². The molecule has 0 saturated carbocycles. The monoisotopic (exact) mass is 494 g/mol. The van der Waals surface area contributed by atoms with E-state index in [-0.39, 0.29) is 11.9 Å². The van der Waals surface area contributed by atoms with E-state index in [4.69, 9.17) is 4.98 Å². The molecule has 10 heteroatoms. The van der Waals surface area contributed by atoms with Gasteiger partial charge in [-0.2, -0.15) is 5.10 Å². The number of pyridine rings is 1. The third kappa shape index (κ3) is 4.08. The fourth-order valence-electron chi connectivity index (χ4n) is 5.07. The van der Waals surface area contributed by atoms with E-state index < -0.39 is 0 Å². The van der Waals surface area contributed by atoms with Crippen molar-refractivity contribution in [3.63, 3.8) is 0 Å². The Kier molecular flexibility index (Phi) is 6.04. The number of thiazole rings is 1. The van der Waals surface area contributed by atoms with Gasteiger partial charge in [-0.05, 0) is 51.9 Å². The molecule has 0 aliphatic carbocycles. The quantitative estimate of drug-likeness (QED) is 0.456. The molecular weight excluding hydrogens is 460 g/mol. The van der Waals surface area contributed by atoms with Crippen LogP contribution >= 0.6 is 11.3 Å². The van der Waals surface area contributed by atoms with E-state index in [1.807, 2.05) is 28.4 Å². The van der Waals surface area contributed by atoms with Crippen LogP contribution in [0.15, 0.2) is 12.5 Å². The average molecular weight is 495 g/mol. The van der Waals surface area contributed by atoms with Crippen molar-refractivity contribution in [2.24, 2.45) is 0 Å². The van der Waals surface area contributed by atoms with Gasteiger partial charge in [-0.15, -0.1) is 0 Å². The van der Waals surface area contributed by atoms with Gasteiger partial charge in [0, 0.05) is 43.0 Å². The maximum atomic E-state index is 12.5. The fourth-order valence-corrected chi connectivity index (χ4v) is 6.18. The summed E-state index contributed by atoms with van der Waals surface area (Å²) in [6.07, 6.45) is 3.67. The first-order chi connectivity index (χ1) is 16.7. The topological polar surface area (TPSA) is 85.7 Å². The molecule has 1 aliphatic rings. The lowest BCUT2D eigenvalue weighted by molar-refractivity contribution is -0.132. The standard InChI is InChI=1S/C25H34N8OS/c1-14(2)20-21(18-11-33-23(26-13-27-33)17(5)16(18)4)28-24-22(20)29-25(35-24)32-9-8-31(10-15(32)3)19(34)12-30(6)7/h11,13-15,28H,8-10,12H2,1-7H3/t15-/m0/s1. The summed E-state index contributed by atoms with van der Waals surface area (Å²) in [6.45, 7) is 13.6. The smallest absolute Gasteiger partial charge is 0.236 e. The number of carbonyl (C=O) groups excluding carboxylic acids is 1. The molecule has 0 spiro atoms. The van der Waals surface area contributed by atoms with Crippen molar-refractivity contribution >= 4 is 38.4 Å². The Balaban J connectivity index is 1.49. The highest BCUT2D eigenvalue weighted by Crippen LogP contribution is 2.41. The van der Waals surface area contributed by atoms with Crippen LogP contribution in [0.25, 0.3) is 27.3 Å². The molecule has 1 fully saturated rings. The normalized spacial score (nSPS) is 17.0. The number of aromatic nitrogens is 5. The van der Waals surface area contributed by atoms with Gasteiger partial charge in [-0.25, -0.2) is 14.5 Å². The Morgan fingerprint density at radius 3 is 2.71 bits per heavy atom. The van der Waals surface area contributed by atoms with Gasteiger partial charge in [0.1, 0.15) is 16.7 Å². The molecule has 186 valence electrons. The van der Waals surface area contributed by atoms with E-state index in [1.54, 1.807) is 17.7 Å². The highest BCUT2D eigenvalue weighted by molar-refractivity contribution is 7.21. The van der Waals surface area contributed by atoms with Crippen LogP contribution < -0.4 is 4.90 Å². The van der Waals surface area contributed by atoms with Crippen molar-refractivity contribution in [2.45, 2.75) is 46.6 Å². The van der Waals surface area contributed by atoms with Crippen LogP contribution in [0.3, 0.4) is 0 Å². The number of aryl methyl sites for hydroxylation is 1. The van der Waals surface area contributed by atoms with Crippen LogP contribution in [0, 0.1) is 13.8 Å². The molecule has 5 rings (SSSR count). The van der Waals surface area contributed by atoms with E-state index in [0.717, 1.165) is 57.6 Å². The second kappa shape index (κ2) is 8.91. The van der Waals surface area contributed by atoms with E-state index >= 15 is 0 Å². The number of amides is 1. The molecule has 1 atom stereocenters. The Bertz CT molecular complexity index is 1400. The van der Waals surface area contributed by atoms with E-state index in [0.29, 0.717) is 12.5 Å². The molecule has 35 heavy (non-hydrogen) atoms. The number of carbonyl (C=O) groups is 1. The SMILES string of the molecule is Cc1c(-c2[nH]c3sc(N4CCN(C(=O)CN(C)C)C[C@@H]4C)nc3c2C(C)C)cn2ncnc2c1C. The minimum Gasteiger partial charge on any atom is -0.344 e. The van der Waals surface area contributed by atoms with E-state index in [1.165, 1.54) is 11.1 Å². The third-order valence-corrected chi connectivity index (χ3v) is 8.04. The molecule has 0 aromatic carbocycles. The summed E-state index contributed by atoms with van der Waals surface area (Å²) in [4.78, 5) is 33.1. The average Bonchev–Trinajstić information content (AvgIpc) is 3.49. The number of piperazine rings is 1. The molecule has 4 aromatic heterocycles. The van der Waals surface area contributed by atoms with Crippen LogP contribution in [0.1, 0.15) is 43.4 Å². The summed E-state index contributed by atoms with van der Waals surface area (Å²) >= 11 is 1.70. The number of aromatic amines is 1. The molecule has 0 bridgehead atoms. The Morgan fingerprint density at radius 2 is 2.03 bits per heavy atom. The third-order valence-electron chi connectivity index (χ3n) is 7.03. The molecule has 1 amide bonds. The molecule has 0 unspecified atom stereocenters. The summed E-state index contributed by atoms with van der Waals surface area (Å²) in [5.74, 6) is 0.493. The van der Waals surface area contributed by atoms with Gasteiger partial charge in [0.05, 0.1) is 12.2 Å². The molecule has 1 N–H and O–H groups in total. The summed E-state index contributed by atoms with van der Waals surface area (Å²) in [6, 6.07) is 0.215. The predicted octanol–water partition coefficient (Wildman–Crippen LogP) is 3.67. The van der Waals surface area contributed by atoms with Crippen LogP contribution in [0.4, 0.5) is 5.13 Å². The van der Waals surface area contributed by atoms with Gasteiger partial charge in [0.2, 0.25) is 5.91 Å². The molecule has 0 radical (unpaired) electrons.